The maximum Gasteiger partial charge on any atom is 0.170 e. The van der Waals surface area contributed by atoms with Gasteiger partial charge in [-0.1, -0.05) is 54.6 Å². The highest BCUT2D eigenvalue weighted by Gasteiger charge is 2.18. The molecule has 0 saturated heterocycles. The van der Waals surface area contributed by atoms with Gasteiger partial charge in [0.05, 0.1) is 13.2 Å². The number of ether oxygens (including phenoxy) is 1. The number of likely N-dealkylation sites (N-methyl/N-ethyl adjacent to an activating group) is 1. The highest BCUT2D eigenvalue weighted by molar-refractivity contribution is 7.80. The summed E-state index contributed by atoms with van der Waals surface area (Å²) in [4.78, 5) is 2.16. The lowest BCUT2D eigenvalue weighted by Gasteiger charge is -2.27. The molecule has 2 N–H and O–H groups in total. The number of fused-ring (bicyclic) bond motifs is 1. The van der Waals surface area contributed by atoms with Crippen molar-refractivity contribution in [3.05, 3.63) is 72.3 Å². The maximum absolute atomic E-state index is 5.54. The molecule has 0 radical (unpaired) electrons. The summed E-state index contributed by atoms with van der Waals surface area (Å²) in [5.41, 5.74) is 2.13. The molecule has 1 atom stereocenters. The molecule has 0 unspecified atom stereocenters. The van der Waals surface area contributed by atoms with Crippen LogP contribution in [0.3, 0.4) is 0 Å². The molecule has 0 aliphatic heterocycles. The minimum Gasteiger partial charge on any atom is -0.496 e. The van der Waals surface area contributed by atoms with Crippen molar-refractivity contribution in [3.8, 4) is 5.75 Å². The van der Waals surface area contributed by atoms with Gasteiger partial charge in [0, 0.05) is 23.2 Å². The van der Waals surface area contributed by atoms with E-state index < -0.39 is 0 Å². The maximum atomic E-state index is 5.54. The standard InChI is InChI=1S/C22H25N3OS/c1-25(2)20(18-12-6-7-14-21(18)26-3)15-23-22(27)24-19-13-8-10-16-9-4-5-11-17(16)19/h4-14,20H,15H2,1-3H3,(H2,23,24,27)/t20-/m0/s1. The van der Waals surface area contributed by atoms with E-state index in [0.29, 0.717) is 11.7 Å². The number of nitrogens with zero attached hydrogens (tertiary/aromatic N) is 1. The summed E-state index contributed by atoms with van der Waals surface area (Å²) in [5, 5.41) is 9.62. The summed E-state index contributed by atoms with van der Waals surface area (Å²) >= 11 is 5.54. The monoisotopic (exact) mass is 379 g/mol. The summed E-state index contributed by atoms with van der Waals surface area (Å²) in [6.07, 6.45) is 0. The molecule has 140 valence electrons. The predicted molar refractivity (Wildman–Crippen MR) is 118 cm³/mol. The number of nitrogens with one attached hydrogen (secondary N) is 2. The number of rotatable bonds is 6. The number of anilines is 1. The summed E-state index contributed by atoms with van der Waals surface area (Å²) < 4.78 is 5.52. The van der Waals surface area contributed by atoms with E-state index >= 15 is 0 Å². The van der Waals surface area contributed by atoms with Gasteiger partial charge < -0.3 is 20.3 Å². The molecule has 0 spiro atoms. The van der Waals surface area contributed by atoms with Crippen LogP contribution in [0.1, 0.15) is 11.6 Å². The van der Waals surface area contributed by atoms with E-state index in [0.717, 1.165) is 22.4 Å². The second kappa shape index (κ2) is 8.84. The zero-order valence-electron chi connectivity index (χ0n) is 15.9. The Kier molecular flexibility index (Phi) is 6.27. The molecule has 4 nitrogen and oxygen atoms in total. The predicted octanol–water partition coefficient (Wildman–Crippen LogP) is 4.44. The lowest BCUT2D eigenvalue weighted by molar-refractivity contribution is 0.288. The Morgan fingerprint density at radius 1 is 1.00 bits per heavy atom. The van der Waals surface area contributed by atoms with Crippen LogP contribution in [0.15, 0.2) is 66.7 Å². The van der Waals surface area contributed by atoms with Crippen molar-refractivity contribution in [1.82, 2.24) is 10.2 Å². The van der Waals surface area contributed by atoms with Crippen molar-refractivity contribution in [3.63, 3.8) is 0 Å². The Hall–Kier alpha value is -2.63. The molecule has 3 aromatic rings. The van der Waals surface area contributed by atoms with Gasteiger partial charge in [0.25, 0.3) is 0 Å². The molecule has 3 aromatic carbocycles. The van der Waals surface area contributed by atoms with Gasteiger partial charge >= 0.3 is 0 Å². The lowest BCUT2D eigenvalue weighted by atomic mass is 10.0. The van der Waals surface area contributed by atoms with E-state index in [4.69, 9.17) is 17.0 Å². The summed E-state index contributed by atoms with van der Waals surface area (Å²) in [6.45, 7) is 0.671. The van der Waals surface area contributed by atoms with Crippen LogP contribution in [0.25, 0.3) is 10.8 Å². The molecule has 0 aromatic heterocycles. The first-order valence-electron chi connectivity index (χ1n) is 8.92. The van der Waals surface area contributed by atoms with Crippen molar-refractivity contribution < 1.29 is 4.74 Å². The zero-order valence-corrected chi connectivity index (χ0v) is 16.7. The van der Waals surface area contributed by atoms with Crippen LogP contribution in [0.5, 0.6) is 5.75 Å². The minimum absolute atomic E-state index is 0.133. The van der Waals surface area contributed by atoms with Gasteiger partial charge in [-0.3, -0.25) is 0 Å². The van der Waals surface area contributed by atoms with Crippen LogP contribution in [-0.4, -0.2) is 37.8 Å². The molecule has 0 amide bonds. The van der Waals surface area contributed by atoms with Crippen LogP contribution in [-0.2, 0) is 0 Å². The quantitative estimate of drug-likeness (QED) is 0.620. The van der Waals surface area contributed by atoms with E-state index in [2.05, 4.69) is 53.9 Å². The molecule has 5 heteroatoms. The molecule has 0 aliphatic carbocycles. The number of benzene rings is 3. The van der Waals surface area contributed by atoms with Gasteiger partial charge in [0.2, 0.25) is 0 Å². The summed E-state index contributed by atoms with van der Waals surface area (Å²) in [5.74, 6) is 0.880. The minimum atomic E-state index is 0.133. The summed E-state index contributed by atoms with van der Waals surface area (Å²) in [6, 6.07) is 22.7. The van der Waals surface area contributed by atoms with Crippen molar-refractivity contribution in [2.24, 2.45) is 0 Å². The molecule has 0 fully saturated rings. The van der Waals surface area contributed by atoms with E-state index in [-0.39, 0.29) is 6.04 Å². The third-order valence-electron chi connectivity index (χ3n) is 4.62. The Labute approximate surface area is 166 Å². The Balaban J connectivity index is 1.71. The SMILES string of the molecule is COc1ccccc1[C@H](CNC(=S)Nc1cccc2ccccc12)N(C)C. The van der Waals surface area contributed by atoms with Crippen molar-refractivity contribution in [2.75, 3.05) is 33.1 Å². The average molecular weight is 380 g/mol. The van der Waals surface area contributed by atoms with E-state index in [1.807, 2.05) is 42.5 Å². The molecule has 3 rings (SSSR count). The third-order valence-corrected chi connectivity index (χ3v) is 4.86. The first-order valence-corrected chi connectivity index (χ1v) is 9.33. The normalized spacial score (nSPS) is 12.0. The zero-order chi connectivity index (χ0) is 19.2. The molecule has 27 heavy (non-hydrogen) atoms. The van der Waals surface area contributed by atoms with Crippen LogP contribution < -0.4 is 15.4 Å². The van der Waals surface area contributed by atoms with Crippen LogP contribution in [0.2, 0.25) is 0 Å². The van der Waals surface area contributed by atoms with Gasteiger partial charge in [-0.2, -0.15) is 0 Å². The van der Waals surface area contributed by atoms with Gasteiger partial charge in [0.15, 0.2) is 5.11 Å². The number of hydrogen-bond acceptors (Lipinski definition) is 3. The lowest BCUT2D eigenvalue weighted by Crippen LogP contribution is -2.36. The third kappa shape index (κ3) is 4.56. The van der Waals surface area contributed by atoms with Crippen LogP contribution >= 0.6 is 12.2 Å². The van der Waals surface area contributed by atoms with Gasteiger partial charge in [-0.05, 0) is 43.8 Å². The fourth-order valence-electron chi connectivity index (χ4n) is 3.20. The topological polar surface area (TPSA) is 36.5 Å². The first-order chi connectivity index (χ1) is 13.1. The molecular formula is C22H25N3OS. The van der Waals surface area contributed by atoms with E-state index in [9.17, 15) is 0 Å². The highest BCUT2D eigenvalue weighted by Crippen LogP contribution is 2.27. The van der Waals surface area contributed by atoms with Crippen molar-refractivity contribution >= 4 is 33.8 Å². The Morgan fingerprint density at radius 2 is 1.70 bits per heavy atom. The molecular weight excluding hydrogens is 354 g/mol. The van der Waals surface area contributed by atoms with Gasteiger partial charge in [-0.15, -0.1) is 0 Å². The fourth-order valence-corrected chi connectivity index (χ4v) is 3.40. The molecule has 0 bridgehead atoms. The van der Waals surface area contributed by atoms with Crippen LogP contribution in [0, 0.1) is 0 Å². The van der Waals surface area contributed by atoms with Gasteiger partial charge in [0.1, 0.15) is 5.75 Å². The number of para-hydroxylation sites is 1. The second-order valence-corrected chi connectivity index (χ2v) is 6.99. The molecule has 0 heterocycles. The number of thiocarbonyl (C=S) groups is 1. The Bertz CT molecular complexity index is 921. The number of hydrogen-bond donors (Lipinski definition) is 2. The molecule has 0 aliphatic rings. The smallest absolute Gasteiger partial charge is 0.170 e. The second-order valence-electron chi connectivity index (χ2n) is 6.58. The molecule has 0 saturated carbocycles. The van der Waals surface area contributed by atoms with Crippen molar-refractivity contribution in [1.29, 1.82) is 0 Å². The van der Waals surface area contributed by atoms with Crippen LogP contribution in [0.4, 0.5) is 5.69 Å². The van der Waals surface area contributed by atoms with Crippen molar-refractivity contribution in [2.45, 2.75) is 6.04 Å². The Morgan fingerprint density at radius 3 is 2.48 bits per heavy atom. The van der Waals surface area contributed by atoms with Gasteiger partial charge in [-0.25, -0.2) is 0 Å². The highest BCUT2D eigenvalue weighted by atomic mass is 32.1. The largest absolute Gasteiger partial charge is 0.496 e. The average Bonchev–Trinajstić information content (AvgIpc) is 2.68. The number of methoxy groups -OCH3 is 1. The van der Waals surface area contributed by atoms with E-state index in [1.165, 1.54) is 5.39 Å². The first kappa shape index (κ1) is 19.1. The van der Waals surface area contributed by atoms with E-state index in [1.54, 1.807) is 7.11 Å². The fraction of sp³-hybridized carbons (Fsp3) is 0.227. The summed E-state index contributed by atoms with van der Waals surface area (Å²) in [7, 11) is 5.81.